The summed E-state index contributed by atoms with van der Waals surface area (Å²) < 4.78 is 0. The highest BCUT2D eigenvalue weighted by molar-refractivity contribution is 9.09. The minimum Gasteiger partial charge on any atom is -0.480 e. The van der Waals surface area contributed by atoms with Gasteiger partial charge in [-0.15, -0.1) is 17.0 Å². The van der Waals surface area contributed by atoms with Crippen LogP contribution in [0.3, 0.4) is 0 Å². The Morgan fingerprint density at radius 1 is 1.73 bits per heavy atom. The minimum absolute atomic E-state index is 0. The fourth-order valence-electron chi connectivity index (χ4n) is 0.473. The predicted molar refractivity (Wildman–Crippen MR) is 53.8 cm³/mol. The van der Waals surface area contributed by atoms with Crippen molar-refractivity contribution in [1.29, 1.82) is 0 Å². The molecule has 0 radical (unpaired) electrons. The maximum atomic E-state index is 10.2. The van der Waals surface area contributed by atoms with Crippen molar-refractivity contribution in [2.24, 2.45) is 0 Å². The normalized spacial score (nSPS) is 11.8. The average molecular weight is 291 g/mol. The lowest BCUT2D eigenvalue weighted by atomic mass is 10.3. The molecule has 0 aromatic rings. The second kappa shape index (κ2) is 8.49. The third-order valence-corrected chi connectivity index (χ3v) is 1.69. The molecule has 11 heavy (non-hydrogen) atoms. The van der Waals surface area contributed by atoms with Gasteiger partial charge < -0.3 is 10.4 Å². The summed E-state index contributed by atoms with van der Waals surface area (Å²) in [6.07, 6.45) is 0.956. The van der Waals surface area contributed by atoms with E-state index in [1.807, 2.05) is 0 Å². The number of rotatable bonds is 5. The van der Waals surface area contributed by atoms with E-state index >= 15 is 0 Å². The summed E-state index contributed by atoms with van der Waals surface area (Å²) in [4.78, 5) is 10.2. The topological polar surface area (TPSA) is 49.3 Å². The number of hydrogen-bond acceptors (Lipinski definition) is 2. The summed E-state index contributed by atoms with van der Waals surface area (Å²) in [5.74, 6) is -0.797. The van der Waals surface area contributed by atoms with Gasteiger partial charge in [0.25, 0.3) is 0 Å². The van der Waals surface area contributed by atoms with Crippen molar-refractivity contribution < 1.29 is 9.90 Å². The van der Waals surface area contributed by atoms with Crippen molar-refractivity contribution in [3.63, 3.8) is 0 Å². The molecule has 0 fully saturated rings. The van der Waals surface area contributed by atoms with Gasteiger partial charge in [0.05, 0.1) is 0 Å². The molecule has 0 bridgehead atoms. The molecule has 0 aliphatic heterocycles. The Morgan fingerprint density at radius 2 is 2.27 bits per heavy atom. The van der Waals surface area contributed by atoms with Crippen LogP contribution in [-0.4, -0.2) is 29.0 Å². The van der Waals surface area contributed by atoms with Gasteiger partial charge in [0.2, 0.25) is 0 Å². The van der Waals surface area contributed by atoms with Gasteiger partial charge in [-0.05, 0) is 19.9 Å². The van der Waals surface area contributed by atoms with Gasteiger partial charge in [-0.25, -0.2) is 0 Å². The van der Waals surface area contributed by atoms with Gasteiger partial charge in [-0.2, -0.15) is 0 Å². The molecule has 0 aliphatic rings. The van der Waals surface area contributed by atoms with E-state index in [2.05, 4.69) is 21.2 Å². The SMILES string of the molecule is Br.C[C@H](NCCCBr)C(=O)O. The highest BCUT2D eigenvalue weighted by Crippen LogP contribution is 1.86. The third-order valence-electron chi connectivity index (χ3n) is 1.13. The first kappa shape index (κ1) is 13.9. The number of halogens is 2. The van der Waals surface area contributed by atoms with Crippen molar-refractivity contribution in [2.45, 2.75) is 19.4 Å². The Labute approximate surface area is 85.4 Å². The van der Waals surface area contributed by atoms with Crippen molar-refractivity contribution in [2.75, 3.05) is 11.9 Å². The van der Waals surface area contributed by atoms with Crippen LogP contribution >= 0.6 is 32.9 Å². The summed E-state index contributed by atoms with van der Waals surface area (Å²) in [7, 11) is 0. The summed E-state index contributed by atoms with van der Waals surface area (Å²) in [5.41, 5.74) is 0. The molecule has 3 nitrogen and oxygen atoms in total. The van der Waals surface area contributed by atoms with Crippen LogP contribution in [0.4, 0.5) is 0 Å². The maximum absolute atomic E-state index is 10.2. The molecule has 68 valence electrons. The molecule has 0 saturated carbocycles. The summed E-state index contributed by atoms with van der Waals surface area (Å²) >= 11 is 3.25. The number of carboxylic acid groups (broad SMARTS) is 1. The van der Waals surface area contributed by atoms with E-state index in [-0.39, 0.29) is 17.0 Å². The van der Waals surface area contributed by atoms with Crippen molar-refractivity contribution in [3.05, 3.63) is 0 Å². The molecule has 0 unspecified atom stereocenters. The lowest BCUT2D eigenvalue weighted by Gasteiger charge is -2.06. The molecular weight excluding hydrogens is 278 g/mol. The fourth-order valence-corrected chi connectivity index (χ4v) is 0.753. The first-order chi connectivity index (χ1) is 4.68. The summed E-state index contributed by atoms with van der Waals surface area (Å²) in [6, 6.07) is -0.431. The molecular formula is C6H13Br2NO2. The van der Waals surface area contributed by atoms with E-state index in [1.54, 1.807) is 6.92 Å². The van der Waals surface area contributed by atoms with Crippen molar-refractivity contribution in [1.82, 2.24) is 5.32 Å². The van der Waals surface area contributed by atoms with Gasteiger partial charge in [0.1, 0.15) is 6.04 Å². The Kier molecular flexibility index (Phi) is 10.8. The molecule has 0 spiro atoms. The molecule has 0 heterocycles. The fraction of sp³-hybridized carbons (Fsp3) is 0.833. The van der Waals surface area contributed by atoms with E-state index < -0.39 is 12.0 Å². The number of nitrogens with one attached hydrogen (secondary N) is 1. The van der Waals surface area contributed by atoms with Crippen LogP contribution < -0.4 is 5.32 Å². The van der Waals surface area contributed by atoms with Gasteiger partial charge >= 0.3 is 5.97 Å². The lowest BCUT2D eigenvalue weighted by molar-refractivity contribution is -0.138. The minimum atomic E-state index is -0.797. The van der Waals surface area contributed by atoms with E-state index in [9.17, 15) is 4.79 Å². The zero-order chi connectivity index (χ0) is 7.98. The molecule has 2 N–H and O–H groups in total. The number of carbonyl (C=O) groups is 1. The largest absolute Gasteiger partial charge is 0.480 e. The van der Waals surface area contributed by atoms with Crippen LogP contribution in [0.5, 0.6) is 0 Å². The van der Waals surface area contributed by atoms with Gasteiger partial charge in [-0.3, -0.25) is 4.79 Å². The first-order valence-electron chi connectivity index (χ1n) is 3.20. The lowest BCUT2D eigenvalue weighted by Crippen LogP contribution is -2.34. The van der Waals surface area contributed by atoms with Gasteiger partial charge in [-0.1, -0.05) is 15.9 Å². The Balaban J connectivity index is 0. The van der Waals surface area contributed by atoms with E-state index in [0.29, 0.717) is 0 Å². The summed E-state index contributed by atoms with van der Waals surface area (Å²) in [6.45, 7) is 2.38. The Morgan fingerprint density at radius 3 is 2.64 bits per heavy atom. The van der Waals surface area contributed by atoms with Crippen LogP contribution in [0.25, 0.3) is 0 Å². The van der Waals surface area contributed by atoms with E-state index in [1.165, 1.54) is 0 Å². The highest BCUT2D eigenvalue weighted by Gasteiger charge is 2.07. The number of alkyl halides is 1. The second-order valence-corrected chi connectivity index (χ2v) is 2.85. The van der Waals surface area contributed by atoms with Crippen molar-refractivity contribution >= 4 is 38.9 Å². The van der Waals surface area contributed by atoms with E-state index in [0.717, 1.165) is 18.3 Å². The molecule has 0 amide bonds. The van der Waals surface area contributed by atoms with Crippen LogP contribution in [-0.2, 0) is 4.79 Å². The quantitative estimate of drug-likeness (QED) is 0.595. The molecule has 0 aliphatic carbocycles. The van der Waals surface area contributed by atoms with Crippen LogP contribution in [0.1, 0.15) is 13.3 Å². The first-order valence-corrected chi connectivity index (χ1v) is 4.32. The molecule has 0 rings (SSSR count). The van der Waals surface area contributed by atoms with Crippen LogP contribution in [0, 0.1) is 0 Å². The third kappa shape index (κ3) is 8.29. The molecule has 0 saturated heterocycles. The second-order valence-electron chi connectivity index (χ2n) is 2.06. The van der Waals surface area contributed by atoms with Crippen LogP contribution in [0.2, 0.25) is 0 Å². The maximum Gasteiger partial charge on any atom is 0.320 e. The number of carboxylic acids is 1. The smallest absolute Gasteiger partial charge is 0.320 e. The monoisotopic (exact) mass is 289 g/mol. The Bertz CT molecular complexity index is 111. The standard InChI is InChI=1S/C6H12BrNO2.BrH/c1-5(6(9)10)8-4-2-3-7;/h5,8H,2-4H2,1H3,(H,9,10);1H/t5-;/m0./s1. The number of hydrogen-bond donors (Lipinski definition) is 2. The highest BCUT2D eigenvalue weighted by atomic mass is 79.9. The summed E-state index contributed by atoms with van der Waals surface area (Å²) in [5, 5.41) is 12.2. The predicted octanol–water partition coefficient (Wildman–Crippen LogP) is 1.41. The Hall–Kier alpha value is 0.390. The zero-order valence-corrected chi connectivity index (χ0v) is 9.64. The molecule has 5 heteroatoms. The van der Waals surface area contributed by atoms with Crippen molar-refractivity contribution in [3.8, 4) is 0 Å². The molecule has 0 aromatic carbocycles. The zero-order valence-electron chi connectivity index (χ0n) is 6.34. The average Bonchev–Trinajstić information content (AvgIpc) is 1.88. The molecule has 0 aromatic heterocycles. The van der Waals surface area contributed by atoms with Crippen LogP contribution in [0.15, 0.2) is 0 Å². The molecule has 1 atom stereocenters. The van der Waals surface area contributed by atoms with Gasteiger partial charge in [0.15, 0.2) is 0 Å². The van der Waals surface area contributed by atoms with E-state index in [4.69, 9.17) is 5.11 Å². The van der Waals surface area contributed by atoms with Gasteiger partial charge in [0, 0.05) is 5.33 Å². The number of aliphatic carboxylic acids is 1.